The van der Waals surface area contributed by atoms with E-state index in [1.165, 1.54) is 12.1 Å². The smallest absolute Gasteiger partial charge is 0.300 e. The van der Waals surface area contributed by atoms with Gasteiger partial charge < -0.3 is 14.2 Å². The second kappa shape index (κ2) is 5.81. The Morgan fingerprint density at radius 3 is 2.72 bits per heavy atom. The normalized spacial score (nSPS) is 23.2. The van der Waals surface area contributed by atoms with E-state index in [1.807, 2.05) is 18.2 Å². The van der Waals surface area contributed by atoms with Crippen molar-refractivity contribution in [2.45, 2.75) is 18.9 Å². The molecule has 0 saturated carbocycles. The third-order valence-electron chi connectivity index (χ3n) is 5.26. The molecule has 25 heavy (non-hydrogen) atoms. The highest BCUT2D eigenvalue weighted by molar-refractivity contribution is 5.75. The molecule has 2 aromatic heterocycles. The zero-order valence-electron chi connectivity index (χ0n) is 13.9. The van der Waals surface area contributed by atoms with Crippen molar-refractivity contribution < 1.29 is 8.81 Å². The van der Waals surface area contributed by atoms with Gasteiger partial charge in [0.05, 0.1) is 5.69 Å². The highest BCUT2D eigenvalue weighted by atomic mass is 19.1. The van der Waals surface area contributed by atoms with Gasteiger partial charge in [-0.15, -0.1) is 0 Å². The number of benzene rings is 1. The molecule has 5 heterocycles. The first kappa shape index (κ1) is 14.8. The van der Waals surface area contributed by atoms with Crippen molar-refractivity contribution in [3.8, 4) is 11.3 Å². The Labute approximate surface area is 145 Å². The summed E-state index contributed by atoms with van der Waals surface area (Å²) in [4.78, 5) is 14.0. The highest BCUT2D eigenvalue weighted by Crippen LogP contribution is 2.29. The standard InChI is InChI=1S/C19H19FN4O/c20-14-3-1-2-13(12-14)16-4-5-17-18(21-16)22-19(25-17)24-11-10-23-8-6-15(24)7-9-23/h1-5,12,15H,6-11H2. The number of oxazole rings is 1. The lowest BCUT2D eigenvalue weighted by Gasteiger charge is -2.30. The van der Waals surface area contributed by atoms with E-state index >= 15 is 0 Å². The van der Waals surface area contributed by atoms with E-state index in [4.69, 9.17) is 4.42 Å². The van der Waals surface area contributed by atoms with Crippen molar-refractivity contribution >= 4 is 17.2 Å². The Bertz CT molecular complexity index is 917. The molecule has 3 saturated heterocycles. The Balaban J connectivity index is 1.51. The monoisotopic (exact) mass is 338 g/mol. The number of nitrogens with zero attached hydrogens (tertiary/aromatic N) is 4. The first-order valence-electron chi connectivity index (χ1n) is 8.79. The van der Waals surface area contributed by atoms with E-state index in [9.17, 15) is 4.39 Å². The minimum atomic E-state index is -0.268. The van der Waals surface area contributed by atoms with E-state index in [2.05, 4.69) is 19.8 Å². The van der Waals surface area contributed by atoms with Crippen LogP contribution in [0.5, 0.6) is 0 Å². The summed E-state index contributed by atoms with van der Waals surface area (Å²) < 4.78 is 19.5. The maximum absolute atomic E-state index is 13.5. The average molecular weight is 338 g/mol. The summed E-state index contributed by atoms with van der Waals surface area (Å²) in [5.41, 5.74) is 2.70. The zero-order valence-corrected chi connectivity index (χ0v) is 13.9. The summed E-state index contributed by atoms with van der Waals surface area (Å²) in [5.74, 6) is -0.268. The summed E-state index contributed by atoms with van der Waals surface area (Å²) in [6, 6.07) is 11.3. The molecular weight excluding hydrogens is 319 g/mol. The van der Waals surface area contributed by atoms with Crippen molar-refractivity contribution in [2.24, 2.45) is 0 Å². The van der Waals surface area contributed by atoms with Gasteiger partial charge in [-0.2, -0.15) is 4.98 Å². The summed E-state index contributed by atoms with van der Waals surface area (Å²) in [6.45, 7) is 4.30. The number of piperidine rings is 1. The average Bonchev–Trinajstić information content (AvgIpc) is 2.82. The maximum atomic E-state index is 13.5. The fourth-order valence-electron chi connectivity index (χ4n) is 3.88. The van der Waals surface area contributed by atoms with Gasteiger partial charge in [-0.25, -0.2) is 9.37 Å². The Hall–Kier alpha value is -2.47. The first-order valence-corrected chi connectivity index (χ1v) is 8.79. The summed E-state index contributed by atoms with van der Waals surface area (Å²) in [6.07, 6.45) is 2.31. The Morgan fingerprint density at radius 1 is 1.00 bits per heavy atom. The van der Waals surface area contributed by atoms with E-state index in [1.54, 1.807) is 6.07 Å². The number of halogens is 1. The fraction of sp³-hybridized carbons (Fsp3) is 0.368. The van der Waals surface area contributed by atoms with Crippen LogP contribution in [0.4, 0.5) is 10.4 Å². The van der Waals surface area contributed by atoms with Crippen LogP contribution in [-0.4, -0.2) is 47.1 Å². The lowest BCUT2D eigenvalue weighted by molar-refractivity contribution is 0.249. The van der Waals surface area contributed by atoms with Gasteiger partial charge in [-0.05, 0) is 37.1 Å². The molecule has 128 valence electrons. The van der Waals surface area contributed by atoms with Crippen LogP contribution >= 0.6 is 0 Å². The van der Waals surface area contributed by atoms with Crippen LogP contribution in [0.2, 0.25) is 0 Å². The molecule has 5 nitrogen and oxygen atoms in total. The van der Waals surface area contributed by atoms with Gasteiger partial charge in [0.25, 0.3) is 6.01 Å². The van der Waals surface area contributed by atoms with Crippen molar-refractivity contribution in [3.63, 3.8) is 0 Å². The van der Waals surface area contributed by atoms with Gasteiger partial charge >= 0.3 is 0 Å². The number of rotatable bonds is 2. The number of anilines is 1. The number of hydrogen-bond acceptors (Lipinski definition) is 5. The molecule has 0 aliphatic carbocycles. The first-order chi connectivity index (χ1) is 12.3. The summed E-state index contributed by atoms with van der Waals surface area (Å²) in [5, 5.41) is 0. The van der Waals surface area contributed by atoms with Gasteiger partial charge in [0.2, 0.25) is 5.65 Å². The van der Waals surface area contributed by atoms with Crippen LogP contribution in [0.1, 0.15) is 12.8 Å². The lowest BCUT2D eigenvalue weighted by Crippen LogP contribution is -2.38. The van der Waals surface area contributed by atoms with E-state index < -0.39 is 0 Å². The minimum Gasteiger partial charge on any atom is -0.422 e. The largest absolute Gasteiger partial charge is 0.422 e. The van der Waals surface area contributed by atoms with Crippen molar-refractivity contribution in [3.05, 3.63) is 42.2 Å². The lowest BCUT2D eigenvalue weighted by atomic mass is 10.1. The molecule has 6 heteroatoms. The highest BCUT2D eigenvalue weighted by Gasteiger charge is 2.31. The number of pyridine rings is 1. The molecule has 2 bridgehead atoms. The molecule has 0 amide bonds. The van der Waals surface area contributed by atoms with Crippen LogP contribution in [-0.2, 0) is 0 Å². The second-order valence-corrected chi connectivity index (χ2v) is 6.79. The molecule has 3 aromatic rings. The third-order valence-corrected chi connectivity index (χ3v) is 5.26. The number of hydrogen-bond donors (Lipinski definition) is 0. The van der Waals surface area contributed by atoms with Crippen LogP contribution < -0.4 is 4.90 Å². The zero-order chi connectivity index (χ0) is 16.8. The quantitative estimate of drug-likeness (QED) is 0.717. The fourth-order valence-corrected chi connectivity index (χ4v) is 3.88. The van der Waals surface area contributed by atoms with Crippen LogP contribution in [0.3, 0.4) is 0 Å². The van der Waals surface area contributed by atoms with Crippen LogP contribution in [0, 0.1) is 5.82 Å². The molecule has 0 unspecified atom stereocenters. The summed E-state index contributed by atoms with van der Waals surface area (Å²) >= 11 is 0. The van der Waals surface area contributed by atoms with E-state index in [0.717, 1.165) is 44.6 Å². The topological polar surface area (TPSA) is 45.4 Å². The molecule has 0 spiro atoms. The molecule has 6 rings (SSSR count). The van der Waals surface area contributed by atoms with Gasteiger partial charge in [-0.1, -0.05) is 12.1 Å². The number of fused-ring (bicyclic) bond motifs is 5. The van der Waals surface area contributed by atoms with Crippen LogP contribution in [0.25, 0.3) is 22.5 Å². The predicted octanol–water partition coefficient (Wildman–Crippen LogP) is 3.31. The Morgan fingerprint density at radius 2 is 1.88 bits per heavy atom. The molecule has 1 aromatic carbocycles. The van der Waals surface area contributed by atoms with Crippen LogP contribution in [0.15, 0.2) is 40.8 Å². The van der Waals surface area contributed by atoms with E-state index in [0.29, 0.717) is 29.0 Å². The molecule has 3 aliphatic heterocycles. The second-order valence-electron chi connectivity index (χ2n) is 6.79. The maximum Gasteiger partial charge on any atom is 0.300 e. The van der Waals surface area contributed by atoms with Gasteiger partial charge in [0.1, 0.15) is 5.82 Å². The van der Waals surface area contributed by atoms with Gasteiger partial charge in [0.15, 0.2) is 5.58 Å². The number of aromatic nitrogens is 2. The third kappa shape index (κ3) is 2.66. The van der Waals surface area contributed by atoms with E-state index in [-0.39, 0.29) is 5.82 Å². The molecule has 0 atom stereocenters. The van der Waals surface area contributed by atoms with Gasteiger partial charge in [-0.3, -0.25) is 0 Å². The molecule has 3 fully saturated rings. The Kier molecular flexibility index (Phi) is 3.45. The summed E-state index contributed by atoms with van der Waals surface area (Å²) in [7, 11) is 0. The van der Waals surface area contributed by atoms with Crippen molar-refractivity contribution in [2.75, 3.05) is 31.1 Å². The van der Waals surface area contributed by atoms with Crippen molar-refractivity contribution in [1.82, 2.24) is 14.9 Å². The minimum absolute atomic E-state index is 0.268. The van der Waals surface area contributed by atoms with Gasteiger partial charge in [0, 0.05) is 37.8 Å². The molecule has 0 radical (unpaired) electrons. The molecule has 0 N–H and O–H groups in total. The predicted molar refractivity (Wildman–Crippen MR) is 94.0 cm³/mol. The molecular formula is C19H19FN4O. The SMILES string of the molecule is Fc1cccc(-c2ccc3oc(N4CCN5CCC4CC5)nc3n2)c1. The van der Waals surface area contributed by atoms with Crippen molar-refractivity contribution in [1.29, 1.82) is 0 Å². The molecule has 3 aliphatic rings.